The van der Waals surface area contributed by atoms with Crippen LogP contribution in [0.3, 0.4) is 0 Å². The van der Waals surface area contributed by atoms with Crippen LogP contribution in [0.4, 0.5) is 0 Å². The standard InChI is InChI=1S/C15H23N/c1-16-12-15(11-13-7-5-6-8-13)14-9-3-2-4-10-14/h2-4,9-10,13,15-16H,5-8,11-12H2,1H3. The number of rotatable bonds is 5. The summed E-state index contributed by atoms with van der Waals surface area (Å²) in [5.74, 6) is 1.67. The molecule has 1 N–H and O–H groups in total. The Balaban J connectivity index is 1.99. The van der Waals surface area contributed by atoms with Gasteiger partial charge in [-0.05, 0) is 30.9 Å². The van der Waals surface area contributed by atoms with Crippen molar-refractivity contribution in [3.05, 3.63) is 35.9 Å². The third-order valence-corrected chi connectivity index (χ3v) is 3.81. The maximum Gasteiger partial charge on any atom is 0.00172 e. The molecular weight excluding hydrogens is 194 g/mol. The number of likely N-dealkylation sites (N-methyl/N-ethyl adjacent to an activating group) is 1. The second-order valence-corrected chi connectivity index (χ2v) is 5.05. The van der Waals surface area contributed by atoms with Crippen LogP contribution in [0, 0.1) is 5.92 Å². The van der Waals surface area contributed by atoms with Gasteiger partial charge in [0.2, 0.25) is 0 Å². The van der Waals surface area contributed by atoms with Gasteiger partial charge in [-0.15, -0.1) is 0 Å². The zero-order valence-electron chi connectivity index (χ0n) is 10.3. The molecule has 0 aliphatic heterocycles. The van der Waals surface area contributed by atoms with Crippen LogP contribution in [0.2, 0.25) is 0 Å². The lowest BCUT2D eigenvalue weighted by Crippen LogP contribution is -2.19. The number of nitrogens with one attached hydrogen (secondary N) is 1. The molecule has 1 aliphatic rings. The Hall–Kier alpha value is -0.820. The van der Waals surface area contributed by atoms with Gasteiger partial charge in [0.05, 0.1) is 0 Å². The molecule has 1 aliphatic carbocycles. The monoisotopic (exact) mass is 217 g/mol. The van der Waals surface area contributed by atoms with E-state index in [-0.39, 0.29) is 0 Å². The third-order valence-electron chi connectivity index (χ3n) is 3.81. The van der Waals surface area contributed by atoms with E-state index >= 15 is 0 Å². The molecule has 1 fully saturated rings. The predicted octanol–water partition coefficient (Wildman–Crippen LogP) is 3.57. The van der Waals surface area contributed by atoms with Crippen molar-refractivity contribution in [2.45, 2.75) is 38.0 Å². The van der Waals surface area contributed by atoms with E-state index in [0.717, 1.165) is 12.5 Å². The molecule has 1 heteroatoms. The van der Waals surface area contributed by atoms with Gasteiger partial charge in [0, 0.05) is 6.54 Å². The normalized spacial score (nSPS) is 18.8. The van der Waals surface area contributed by atoms with Gasteiger partial charge in [0.1, 0.15) is 0 Å². The molecule has 1 unspecified atom stereocenters. The van der Waals surface area contributed by atoms with Crippen LogP contribution >= 0.6 is 0 Å². The summed E-state index contributed by atoms with van der Waals surface area (Å²) in [4.78, 5) is 0. The largest absolute Gasteiger partial charge is 0.319 e. The minimum Gasteiger partial charge on any atom is -0.319 e. The highest BCUT2D eigenvalue weighted by atomic mass is 14.8. The molecule has 0 heterocycles. The number of benzene rings is 1. The van der Waals surface area contributed by atoms with Crippen LogP contribution in [0.1, 0.15) is 43.6 Å². The quantitative estimate of drug-likeness (QED) is 0.795. The lowest BCUT2D eigenvalue weighted by molar-refractivity contribution is 0.435. The van der Waals surface area contributed by atoms with Crippen molar-refractivity contribution < 1.29 is 0 Å². The lowest BCUT2D eigenvalue weighted by atomic mass is 9.88. The van der Waals surface area contributed by atoms with E-state index in [1.807, 2.05) is 0 Å². The average Bonchev–Trinajstić information content (AvgIpc) is 2.83. The van der Waals surface area contributed by atoms with E-state index in [0.29, 0.717) is 5.92 Å². The summed E-state index contributed by atoms with van der Waals surface area (Å²) in [5.41, 5.74) is 1.50. The molecule has 0 aromatic heterocycles. The fourth-order valence-corrected chi connectivity index (χ4v) is 2.96. The van der Waals surface area contributed by atoms with Gasteiger partial charge < -0.3 is 5.32 Å². The maximum atomic E-state index is 3.34. The fraction of sp³-hybridized carbons (Fsp3) is 0.600. The second-order valence-electron chi connectivity index (χ2n) is 5.05. The first-order valence-electron chi connectivity index (χ1n) is 6.59. The molecule has 16 heavy (non-hydrogen) atoms. The molecule has 1 aromatic carbocycles. The zero-order valence-corrected chi connectivity index (χ0v) is 10.3. The van der Waals surface area contributed by atoms with Crippen molar-refractivity contribution >= 4 is 0 Å². The predicted molar refractivity (Wildman–Crippen MR) is 69.7 cm³/mol. The Morgan fingerprint density at radius 2 is 1.88 bits per heavy atom. The molecular formula is C15H23N. The highest BCUT2D eigenvalue weighted by molar-refractivity contribution is 5.20. The molecule has 0 bridgehead atoms. The van der Waals surface area contributed by atoms with Crippen molar-refractivity contribution in [3.8, 4) is 0 Å². The summed E-state index contributed by atoms with van der Waals surface area (Å²) in [6.07, 6.45) is 7.17. The summed E-state index contributed by atoms with van der Waals surface area (Å²) in [6.45, 7) is 1.11. The smallest absolute Gasteiger partial charge is 0.00172 e. The Bertz CT molecular complexity index is 288. The Morgan fingerprint density at radius 3 is 2.50 bits per heavy atom. The summed E-state index contributed by atoms with van der Waals surface area (Å²) < 4.78 is 0. The summed E-state index contributed by atoms with van der Waals surface area (Å²) in [6, 6.07) is 11.0. The van der Waals surface area contributed by atoms with Gasteiger partial charge in [-0.2, -0.15) is 0 Å². The van der Waals surface area contributed by atoms with Crippen molar-refractivity contribution in [2.75, 3.05) is 13.6 Å². The van der Waals surface area contributed by atoms with Gasteiger partial charge in [0.15, 0.2) is 0 Å². The second kappa shape index (κ2) is 6.05. The van der Waals surface area contributed by atoms with E-state index in [2.05, 4.69) is 42.7 Å². The third kappa shape index (κ3) is 3.08. The molecule has 0 amide bonds. The topological polar surface area (TPSA) is 12.0 Å². The van der Waals surface area contributed by atoms with Crippen LogP contribution in [0.25, 0.3) is 0 Å². The summed E-state index contributed by atoms with van der Waals surface area (Å²) in [7, 11) is 2.06. The van der Waals surface area contributed by atoms with Gasteiger partial charge in [0.25, 0.3) is 0 Å². The van der Waals surface area contributed by atoms with Gasteiger partial charge in [-0.1, -0.05) is 56.0 Å². The van der Waals surface area contributed by atoms with Crippen molar-refractivity contribution in [3.63, 3.8) is 0 Å². The lowest BCUT2D eigenvalue weighted by Gasteiger charge is -2.20. The van der Waals surface area contributed by atoms with Crippen LogP contribution in [-0.4, -0.2) is 13.6 Å². The molecule has 1 saturated carbocycles. The van der Waals surface area contributed by atoms with Crippen molar-refractivity contribution in [1.82, 2.24) is 5.32 Å². The minimum absolute atomic E-state index is 0.703. The van der Waals surface area contributed by atoms with Crippen molar-refractivity contribution in [1.29, 1.82) is 0 Å². The highest BCUT2D eigenvalue weighted by Crippen LogP contribution is 2.33. The maximum absolute atomic E-state index is 3.34. The first kappa shape index (κ1) is 11.7. The molecule has 1 nitrogen and oxygen atoms in total. The number of hydrogen-bond donors (Lipinski definition) is 1. The van der Waals surface area contributed by atoms with Gasteiger partial charge in [-0.25, -0.2) is 0 Å². The van der Waals surface area contributed by atoms with E-state index in [9.17, 15) is 0 Å². The summed E-state index contributed by atoms with van der Waals surface area (Å²) in [5, 5.41) is 3.34. The molecule has 1 atom stereocenters. The first-order valence-corrected chi connectivity index (χ1v) is 6.59. The fourth-order valence-electron chi connectivity index (χ4n) is 2.96. The van der Waals surface area contributed by atoms with Crippen LogP contribution in [0.5, 0.6) is 0 Å². The Kier molecular flexibility index (Phi) is 4.41. The average molecular weight is 217 g/mol. The van der Waals surface area contributed by atoms with E-state index in [1.54, 1.807) is 0 Å². The van der Waals surface area contributed by atoms with Gasteiger partial charge >= 0.3 is 0 Å². The van der Waals surface area contributed by atoms with Crippen LogP contribution in [0.15, 0.2) is 30.3 Å². The number of hydrogen-bond acceptors (Lipinski definition) is 1. The Morgan fingerprint density at radius 1 is 1.19 bits per heavy atom. The van der Waals surface area contributed by atoms with Crippen molar-refractivity contribution in [2.24, 2.45) is 5.92 Å². The van der Waals surface area contributed by atoms with E-state index in [4.69, 9.17) is 0 Å². The highest BCUT2D eigenvalue weighted by Gasteiger charge is 2.20. The molecule has 88 valence electrons. The molecule has 0 spiro atoms. The molecule has 0 saturated heterocycles. The first-order chi connectivity index (χ1) is 7.90. The van der Waals surface area contributed by atoms with E-state index < -0.39 is 0 Å². The van der Waals surface area contributed by atoms with E-state index in [1.165, 1.54) is 37.7 Å². The minimum atomic E-state index is 0.703. The summed E-state index contributed by atoms with van der Waals surface area (Å²) >= 11 is 0. The SMILES string of the molecule is CNCC(CC1CCCC1)c1ccccc1. The molecule has 0 radical (unpaired) electrons. The Labute approximate surface area is 99.3 Å². The molecule has 1 aromatic rings. The van der Waals surface area contributed by atoms with Crippen LogP contribution in [-0.2, 0) is 0 Å². The molecule has 2 rings (SSSR count). The van der Waals surface area contributed by atoms with Gasteiger partial charge in [-0.3, -0.25) is 0 Å². The zero-order chi connectivity index (χ0) is 11.2. The van der Waals surface area contributed by atoms with Crippen LogP contribution < -0.4 is 5.32 Å².